The zero-order chi connectivity index (χ0) is 21.9. The lowest BCUT2D eigenvalue weighted by atomic mass is 10.1. The van der Waals surface area contributed by atoms with Crippen molar-refractivity contribution in [1.29, 1.82) is 0 Å². The molecule has 0 heterocycles. The number of Topliss-reactive ketones (excluding diaryl/α,β-unsaturated/α-hetero) is 1. The number of carbonyl (C=O) groups excluding carboxylic acids is 2. The molecule has 0 aliphatic rings. The Labute approximate surface area is 183 Å². The maximum atomic E-state index is 12.0. The van der Waals surface area contributed by atoms with E-state index in [-0.39, 0.29) is 12.2 Å². The van der Waals surface area contributed by atoms with Gasteiger partial charge in [0, 0.05) is 17.8 Å². The number of ether oxygens (including phenoxy) is 1. The van der Waals surface area contributed by atoms with Crippen molar-refractivity contribution < 1.29 is 14.3 Å². The average Bonchev–Trinajstić information content (AvgIpc) is 2.74. The van der Waals surface area contributed by atoms with Crippen LogP contribution >= 0.6 is 0 Å². The van der Waals surface area contributed by atoms with Gasteiger partial charge in [0.25, 0.3) is 0 Å². The van der Waals surface area contributed by atoms with Gasteiger partial charge < -0.3 is 10.1 Å². The summed E-state index contributed by atoms with van der Waals surface area (Å²) in [5.41, 5.74) is 1.53. The summed E-state index contributed by atoms with van der Waals surface area (Å²) in [6.07, 6.45) is 18.7. The molecule has 1 N–H and O–H groups in total. The highest BCUT2D eigenvalue weighted by atomic mass is 16.5. The Morgan fingerprint density at radius 2 is 1.43 bits per heavy atom. The first-order valence-electron chi connectivity index (χ1n) is 11.8. The monoisotopic (exact) mass is 415 g/mol. The molecule has 0 amide bonds. The molecule has 1 rings (SSSR count). The van der Waals surface area contributed by atoms with E-state index in [2.05, 4.69) is 24.4 Å². The molecule has 0 aromatic heterocycles. The number of benzene rings is 1. The summed E-state index contributed by atoms with van der Waals surface area (Å²) in [6.45, 7) is 5.19. The summed E-state index contributed by atoms with van der Waals surface area (Å²) in [4.78, 5) is 23.4. The second-order valence-electron chi connectivity index (χ2n) is 7.79. The standard InChI is InChI=1S/C26H41NO3/c1-3-5-6-7-8-9-10-11-12-13-14-15-16-21-27-24-19-17-23(18-20-24)25(28)22-26(29)30-4-2/h13-14,17-20,27H,3-12,15-16,21-22H2,1-2H3/b14-13+. The molecule has 0 atom stereocenters. The van der Waals surface area contributed by atoms with Crippen molar-refractivity contribution in [3.63, 3.8) is 0 Å². The predicted octanol–water partition coefficient (Wildman–Crippen LogP) is 7.10. The van der Waals surface area contributed by atoms with Gasteiger partial charge in [0.2, 0.25) is 0 Å². The number of unbranched alkanes of at least 4 members (excludes halogenated alkanes) is 9. The fraction of sp³-hybridized carbons (Fsp3) is 0.615. The van der Waals surface area contributed by atoms with E-state index in [0.29, 0.717) is 12.2 Å². The Hall–Kier alpha value is -2.10. The van der Waals surface area contributed by atoms with E-state index in [4.69, 9.17) is 4.74 Å². The number of hydrogen-bond acceptors (Lipinski definition) is 4. The van der Waals surface area contributed by atoms with Gasteiger partial charge in [0.05, 0.1) is 6.61 Å². The van der Waals surface area contributed by atoms with Crippen molar-refractivity contribution >= 4 is 17.4 Å². The first-order chi connectivity index (χ1) is 14.7. The van der Waals surface area contributed by atoms with Crippen molar-refractivity contribution in [2.24, 2.45) is 0 Å². The normalized spacial score (nSPS) is 11.0. The number of hydrogen-bond donors (Lipinski definition) is 1. The van der Waals surface area contributed by atoms with Crippen LogP contribution in [0, 0.1) is 0 Å². The van der Waals surface area contributed by atoms with E-state index in [1.54, 1.807) is 19.1 Å². The summed E-state index contributed by atoms with van der Waals surface area (Å²) >= 11 is 0. The number of allylic oxidation sites excluding steroid dienone is 2. The first-order valence-corrected chi connectivity index (χ1v) is 11.8. The average molecular weight is 416 g/mol. The van der Waals surface area contributed by atoms with Gasteiger partial charge in [-0.2, -0.15) is 0 Å². The fourth-order valence-electron chi connectivity index (χ4n) is 3.30. The van der Waals surface area contributed by atoms with Gasteiger partial charge in [-0.05, 0) is 56.9 Å². The highest BCUT2D eigenvalue weighted by Gasteiger charge is 2.12. The van der Waals surface area contributed by atoms with E-state index in [9.17, 15) is 9.59 Å². The van der Waals surface area contributed by atoms with Gasteiger partial charge in [0.15, 0.2) is 5.78 Å². The molecular formula is C26H41NO3. The van der Waals surface area contributed by atoms with Gasteiger partial charge in [-0.1, -0.05) is 64.0 Å². The number of ketones is 1. The van der Waals surface area contributed by atoms with E-state index >= 15 is 0 Å². The molecule has 0 saturated carbocycles. The summed E-state index contributed by atoms with van der Waals surface area (Å²) < 4.78 is 4.81. The summed E-state index contributed by atoms with van der Waals surface area (Å²) in [7, 11) is 0. The molecule has 0 spiro atoms. The molecule has 0 radical (unpaired) electrons. The highest BCUT2D eigenvalue weighted by Crippen LogP contribution is 2.12. The maximum Gasteiger partial charge on any atom is 0.313 e. The van der Waals surface area contributed by atoms with E-state index in [0.717, 1.165) is 25.1 Å². The van der Waals surface area contributed by atoms with Crippen LogP contribution in [0.15, 0.2) is 36.4 Å². The second kappa shape index (κ2) is 17.7. The SMILES string of the molecule is CCCCCCCCCC/C=C/CCCNc1ccc(C(=O)CC(=O)OCC)cc1. The van der Waals surface area contributed by atoms with Crippen LogP contribution in [0.3, 0.4) is 0 Å². The minimum atomic E-state index is -0.472. The highest BCUT2D eigenvalue weighted by molar-refractivity contribution is 6.06. The molecule has 0 saturated heterocycles. The Kier molecular flexibility index (Phi) is 15.3. The van der Waals surface area contributed by atoms with Crippen molar-refractivity contribution in [2.75, 3.05) is 18.5 Å². The van der Waals surface area contributed by atoms with E-state index in [1.165, 1.54) is 57.8 Å². The second-order valence-corrected chi connectivity index (χ2v) is 7.79. The third-order valence-corrected chi connectivity index (χ3v) is 5.08. The van der Waals surface area contributed by atoms with Gasteiger partial charge >= 0.3 is 5.97 Å². The largest absolute Gasteiger partial charge is 0.466 e. The number of carbonyl (C=O) groups is 2. The smallest absolute Gasteiger partial charge is 0.313 e. The lowest BCUT2D eigenvalue weighted by Crippen LogP contribution is -2.11. The van der Waals surface area contributed by atoms with Gasteiger partial charge in [0.1, 0.15) is 6.42 Å². The molecule has 0 unspecified atom stereocenters. The fourth-order valence-corrected chi connectivity index (χ4v) is 3.30. The molecule has 4 nitrogen and oxygen atoms in total. The molecule has 1 aromatic carbocycles. The molecule has 168 valence electrons. The van der Waals surface area contributed by atoms with Crippen molar-refractivity contribution in [3.05, 3.63) is 42.0 Å². The van der Waals surface area contributed by atoms with E-state index < -0.39 is 5.97 Å². The Balaban J connectivity index is 2.05. The number of rotatable bonds is 18. The van der Waals surface area contributed by atoms with E-state index in [1.807, 2.05) is 12.1 Å². The van der Waals surface area contributed by atoms with Crippen LogP contribution < -0.4 is 5.32 Å². The van der Waals surface area contributed by atoms with Crippen molar-refractivity contribution in [2.45, 2.75) is 90.9 Å². The minimum absolute atomic E-state index is 0.202. The third-order valence-electron chi connectivity index (χ3n) is 5.08. The predicted molar refractivity (Wildman–Crippen MR) is 126 cm³/mol. The molecule has 0 fully saturated rings. The number of nitrogens with one attached hydrogen (secondary N) is 1. The van der Waals surface area contributed by atoms with Crippen LogP contribution in [0.2, 0.25) is 0 Å². The minimum Gasteiger partial charge on any atom is -0.466 e. The van der Waals surface area contributed by atoms with Crippen LogP contribution in [-0.2, 0) is 9.53 Å². The summed E-state index contributed by atoms with van der Waals surface area (Å²) in [6, 6.07) is 7.29. The molecular weight excluding hydrogens is 374 g/mol. The van der Waals surface area contributed by atoms with Crippen LogP contribution in [0.1, 0.15) is 101 Å². The zero-order valence-corrected chi connectivity index (χ0v) is 19.1. The lowest BCUT2D eigenvalue weighted by molar-refractivity contribution is -0.141. The quantitative estimate of drug-likeness (QED) is 0.0913. The van der Waals surface area contributed by atoms with Crippen LogP contribution in [0.5, 0.6) is 0 Å². The number of esters is 1. The van der Waals surface area contributed by atoms with Gasteiger partial charge in [-0.25, -0.2) is 0 Å². The molecule has 0 aliphatic carbocycles. The number of anilines is 1. The molecule has 1 aromatic rings. The Bertz CT molecular complexity index is 607. The summed E-state index contributed by atoms with van der Waals surface area (Å²) in [5, 5.41) is 3.37. The van der Waals surface area contributed by atoms with Crippen LogP contribution in [-0.4, -0.2) is 24.9 Å². The Morgan fingerprint density at radius 3 is 2.07 bits per heavy atom. The van der Waals surface area contributed by atoms with Crippen LogP contribution in [0.4, 0.5) is 5.69 Å². The topological polar surface area (TPSA) is 55.4 Å². The molecule has 0 bridgehead atoms. The maximum absolute atomic E-state index is 12.0. The van der Waals surface area contributed by atoms with Crippen molar-refractivity contribution in [1.82, 2.24) is 0 Å². The van der Waals surface area contributed by atoms with Gasteiger partial charge in [-0.15, -0.1) is 0 Å². The molecule has 4 heteroatoms. The van der Waals surface area contributed by atoms with Gasteiger partial charge in [-0.3, -0.25) is 9.59 Å². The summed E-state index contributed by atoms with van der Waals surface area (Å²) in [5.74, 6) is -0.679. The lowest BCUT2D eigenvalue weighted by Gasteiger charge is -2.06. The van der Waals surface area contributed by atoms with Crippen molar-refractivity contribution in [3.8, 4) is 0 Å². The first kappa shape index (κ1) is 25.9. The molecule has 0 aliphatic heterocycles. The third kappa shape index (κ3) is 13.2. The molecule has 30 heavy (non-hydrogen) atoms. The Morgan fingerprint density at radius 1 is 0.833 bits per heavy atom. The zero-order valence-electron chi connectivity index (χ0n) is 19.1. The van der Waals surface area contributed by atoms with Crippen LogP contribution in [0.25, 0.3) is 0 Å².